The van der Waals surface area contributed by atoms with Gasteiger partial charge in [-0.1, -0.05) is 12.8 Å². The maximum absolute atomic E-state index is 12.0. The van der Waals surface area contributed by atoms with E-state index in [0.29, 0.717) is 17.2 Å². The van der Waals surface area contributed by atoms with Crippen LogP contribution in [0.3, 0.4) is 0 Å². The van der Waals surface area contributed by atoms with Crippen molar-refractivity contribution in [3.05, 3.63) is 4.88 Å². The molecule has 0 aromatic carbocycles. The normalized spacial score (nSPS) is 15.4. The van der Waals surface area contributed by atoms with E-state index in [-0.39, 0.29) is 5.97 Å². The molecule has 0 unspecified atom stereocenters. The van der Waals surface area contributed by atoms with Crippen LogP contribution in [0.4, 0.5) is 10.7 Å². The van der Waals surface area contributed by atoms with Gasteiger partial charge in [0.2, 0.25) is 0 Å². The minimum absolute atomic E-state index is 0.309. The Balaban J connectivity index is 2.21. The number of anilines is 2. The molecular formula is C15H24N2O2S2. The van der Waals surface area contributed by atoms with Crippen LogP contribution in [0.5, 0.6) is 0 Å². The summed E-state index contributed by atoms with van der Waals surface area (Å²) in [6.45, 7) is 3.22. The maximum Gasteiger partial charge on any atom is 0.350 e. The lowest BCUT2D eigenvalue weighted by atomic mass is 10.1. The van der Waals surface area contributed by atoms with Crippen LogP contribution in [0.25, 0.3) is 0 Å². The second kappa shape index (κ2) is 7.40. The van der Waals surface area contributed by atoms with Crippen LogP contribution in [0.15, 0.2) is 4.90 Å². The molecule has 0 aliphatic heterocycles. The van der Waals surface area contributed by atoms with Crippen molar-refractivity contribution in [2.24, 2.45) is 5.92 Å². The third-order valence-electron chi connectivity index (χ3n) is 3.90. The topological polar surface area (TPSA) is 55.6 Å². The number of nitrogens with zero attached hydrogens (tertiary/aromatic N) is 1. The number of hydrogen-bond acceptors (Lipinski definition) is 6. The predicted octanol–water partition coefficient (Wildman–Crippen LogP) is 3.86. The van der Waals surface area contributed by atoms with E-state index in [1.165, 1.54) is 37.0 Å². The van der Waals surface area contributed by atoms with Crippen molar-refractivity contribution in [3.63, 3.8) is 0 Å². The zero-order valence-corrected chi connectivity index (χ0v) is 14.6. The van der Waals surface area contributed by atoms with E-state index in [2.05, 4.69) is 11.9 Å². The first-order chi connectivity index (χ1) is 10.1. The molecule has 1 aromatic rings. The molecule has 1 aliphatic carbocycles. The van der Waals surface area contributed by atoms with E-state index in [0.717, 1.165) is 22.4 Å². The van der Waals surface area contributed by atoms with Crippen LogP contribution in [-0.4, -0.2) is 32.4 Å². The molecule has 0 atom stereocenters. The largest absolute Gasteiger partial charge is 0.462 e. The molecule has 1 fully saturated rings. The van der Waals surface area contributed by atoms with E-state index in [1.54, 1.807) is 11.8 Å². The molecule has 2 rings (SSSR count). The Morgan fingerprint density at radius 1 is 1.48 bits per heavy atom. The first-order valence-corrected chi connectivity index (χ1v) is 9.47. The van der Waals surface area contributed by atoms with Crippen molar-refractivity contribution in [1.82, 2.24) is 0 Å². The molecule has 0 bridgehead atoms. The smallest absolute Gasteiger partial charge is 0.350 e. The Bertz CT molecular complexity index is 496. The summed E-state index contributed by atoms with van der Waals surface area (Å²) in [5.74, 6) is 0.454. The number of thiophene rings is 1. The lowest BCUT2D eigenvalue weighted by Crippen LogP contribution is -2.23. The molecule has 0 spiro atoms. The fourth-order valence-electron chi connectivity index (χ4n) is 2.88. The van der Waals surface area contributed by atoms with E-state index in [4.69, 9.17) is 10.5 Å². The van der Waals surface area contributed by atoms with Gasteiger partial charge < -0.3 is 15.4 Å². The van der Waals surface area contributed by atoms with Crippen LogP contribution in [0.2, 0.25) is 0 Å². The summed E-state index contributed by atoms with van der Waals surface area (Å²) in [6.07, 6.45) is 7.30. The van der Waals surface area contributed by atoms with Gasteiger partial charge >= 0.3 is 5.97 Å². The van der Waals surface area contributed by atoms with Crippen LogP contribution in [0.1, 0.15) is 42.3 Å². The first kappa shape index (κ1) is 16.5. The fraction of sp³-hybridized carbons (Fsp3) is 0.667. The van der Waals surface area contributed by atoms with Gasteiger partial charge in [-0.2, -0.15) is 0 Å². The zero-order chi connectivity index (χ0) is 15.4. The average molecular weight is 329 g/mol. The van der Waals surface area contributed by atoms with Crippen molar-refractivity contribution in [1.29, 1.82) is 0 Å². The molecule has 0 amide bonds. The van der Waals surface area contributed by atoms with Crippen molar-refractivity contribution >= 4 is 39.8 Å². The summed E-state index contributed by atoms with van der Waals surface area (Å²) in [5, 5.41) is 1.09. The van der Waals surface area contributed by atoms with Crippen LogP contribution in [-0.2, 0) is 4.74 Å². The van der Waals surface area contributed by atoms with E-state index < -0.39 is 0 Å². The first-order valence-electron chi connectivity index (χ1n) is 7.43. The molecule has 1 heterocycles. The molecule has 0 radical (unpaired) electrons. The SMILES string of the molecule is CCOC(=O)c1sc(N(C)CC2CCCC2)c(SC)c1N. The Morgan fingerprint density at radius 3 is 2.71 bits per heavy atom. The lowest BCUT2D eigenvalue weighted by Gasteiger charge is -2.22. The maximum atomic E-state index is 12.0. The Hall–Kier alpha value is -0.880. The highest BCUT2D eigenvalue weighted by Crippen LogP contribution is 2.44. The summed E-state index contributed by atoms with van der Waals surface area (Å²) >= 11 is 3.06. The number of nitrogen functional groups attached to an aromatic ring is 1. The minimum Gasteiger partial charge on any atom is -0.462 e. The fourth-order valence-corrected chi connectivity index (χ4v) is 4.95. The van der Waals surface area contributed by atoms with Gasteiger partial charge in [0.1, 0.15) is 9.88 Å². The van der Waals surface area contributed by atoms with Gasteiger partial charge in [0.05, 0.1) is 17.2 Å². The highest BCUT2D eigenvalue weighted by atomic mass is 32.2. The number of nitrogens with two attached hydrogens (primary N) is 1. The van der Waals surface area contributed by atoms with Crippen molar-refractivity contribution in [2.45, 2.75) is 37.5 Å². The minimum atomic E-state index is -0.309. The van der Waals surface area contributed by atoms with Crippen LogP contribution in [0, 0.1) is 5.92 Å². The monoisotopic (exact) mass is 328 g/mol. The zero-order valence-electron chi connectivity index (χ0n) is 13.0. The van der Waals surface area contributed by atoms with Gasteiger partial charge in [-0.3, -0.25) is 0 Å². The number of thioether (sulfide) groups is 1. The highest BCUT2D eigenvalue weighted by Gasteiger charge is 2.25. The number of rotatable bonds is 6. The molecule has 1 aromatic heterocycles. The molecule has 4 nitrogen and oxygen atoms in total. The molecule has 1 aliphatic rings. The molecule has 21 heavy (non-hydrogen) atoms. The Labute approximate surface area is 135 Å². The van der Waals surface area contributed by atoms with E-state index in [1.807, 2.05) is 13.2 Å². The van der Waals surface area contributed by atoms with E-state index in [9.17, 15) is 4.79 Å². The molecule has 1 saturated carbocycles. The van der Waals surface area contributed by atoms with Crippen LogP contribution >= 0.6 is 23.1 Å². The summed E-state index contributed by atoms with van der Waals surface area (Å²) in [6, 6.07) is 0. The highest BCUT2D eigenvalue weighted by molar-refractivity contribution is 7.99. The standard InChI is InChI=1S/C15H24N2O2S2/c1-4-19-15(18)13-11(16)12(20-3)14(21-13)17(2)9-10-7-5-6-8-10/h10H,4-9,16H2,1-3H3. The van der Waals surface area contributed by atoms with Crippen molar-refractivity contribution < 1.29 is 9.53 Å². The average Bonchev–Trinajstić information content (AvgIpc) is 3.06. The van der Waals surface area contributed by atoms with Crippen LogP contribution < -0.4 is 10.6 Å². The quantitative estimate of drug-likeness (QED) is 0.635. The number of carbonyl (C=O) groups excluding carboxylic acids is 1. The number of hydrogen-bond donors (Lipinski definition) is 1. The van der Waals surface area contributed by atoms with Gasteiger partial charge in [0.25, 0.3) is 0 Å². The summed E-state index contributed by atoms with van der Waals surface area (Å²) in [7, 11) is 2.10. The molecule has 118 valence electrons. The summed E-state index contributed by atoms with van der Waals surface area (Å²) < 4.78 is 5.10. The Morgan fingerprint density at radius 2 is 2.14 bits per heavy atom. The van der Waals surface area contributed by atoms with Gasteiger partial charge in [-0.25, -0.2) is 4.79 Å². The van der Waals surface area contributed by atoms with Gasteiger partial charge in [0, 0.05) is 13.6 Å². The molecule has 6 heteroatoms. The number of ether oxygens (including phenoxy) is 1. The van der Waals surface area contributed by atoms with Gasteiger partial charge in [-0.15, -0.1) is 23.1 Å². The summed E-state index contributed by atoms with van der Waals surface area (Å²) in [4.78, 5) is 15.8. The van der Waals surface area contributed by atoms with Crippen molar-refractivity contribution in [3.8, 4) is 0 Å². The predicted molar refractivity (Wildman–Crippen MR) is 91.7 cm³/mol. The number of esters is 1. The van der Waals surface area contributed by atoms with E-state index >= 15 is 0 Å². The third kappa shape index (κ3) is 3.66. The molecule has 2 N–H and O–H groups in total. The van der Waals surface area contributed by atoms with Gasteiger partial charge in [-0.05, 0) is 31.9 Å². The van der Waals surface area contributed by atoms with Crippen molar-refractivity contribution in [2.75, 3.05) is 37.1 Å². The number of carbonyl (C=O) groups is 1. The summed E-state index contributed by atoms with van der Waals surface area (Å²) in [5.41, 5.74) is 6.72. The second-order valence-corrected chi connectivity index (χ2v) is 7.25. The lowest BCUT2D eigenvalue weighted by molar-refractivity contribution is 0.0533. The molecule has 0 saturated heterocycles. The Kier molecular flexibility index (Phi) is 5.81. The second-order valence-electron chi connectivity index (χ2n) is 5.43. The third-order valence-corrected chi connectivity index (χ3v) is 6.15. The molecular weight excluding hydrogens is 304 g/mol. The van der Waals surface area contributed by atoms with Gasteiger partial charge in [0.15, 0.2) is 0 Å².